The number of carboxylic acid groups (broad SMARTS) is 2. The van der Waals surface area contributed by atoms with Crippen LogP contribution in [0.3, 0.4) is 0 Å². The number of hydrogen-bond acceptors (Lipinski definition) is 7. The summed E-state index contributed by atoms with van der Waals surface area (Å²) in [6, 6.07) is 1.97. The molecule has 1 unspecified atom stereocenters. The minimum Gasteiger partial charge on any atom is -0.494 e. The maximum Gasteiger partial charge on any atom is 0.414 e. The van der Waals surface area contributed by atoms with Crippen molar-refractivity contribution in [2.24, 2.45) is 5.92 Å². The van der Waals surface area contributed by atoms with E-state index in [1.165, 1.54) is 11.0 Å². The number of aliphatic carboxylic acids is 2. The van der Waals surface area contributed by atoms with Crippen molar-refractivity contribution < 1.29 is 30.0 Å². The maximum absolute atomic E-state index is 12.3. The number of aromatic hydroxyl groups is 1. The molecule has 0 spiro atoms. The number of pyridine rings is 1. The van der Waals surface area contributed by atoms with E-state index in [2.05, 4.69) is 11.8 Å². The zero-order valence-electron chi connectivity index (χ0n) is 16.6. The Labute approximate surface area is 168 Å². The zero-order valence-corrected chi connectivity index (χ0v) is 16.6. The van der Waals surface area contributed by atoms with E-state index in [1.54, 1.807) is 6.92 Å². The van der Waals surface area contributed by atoms with Gasteiger partial charge in [-0.2, -0.15) is 5.26 Å². The van der Waals surface area contributed by atoms with Gasteiger partial charge in [-0.05, 0) is 44.2 Å². The minimum atomic E-state index is -1.82. The molecular formula is C19H27N3O7. The number of likely N-dealkylation sites (tertiary alicyclic amines) is 1. The summed E-state index contributed by atoms with van der Waals surface area (Å²) >= 11 is 0. The van der Waals surface area contributed by atoms with Crippen molar-refractivity contribution in [2.75, 3.05) is 19.7 Å². The Morgan fingerprint density at radius 2 is 1.90 bits per heavy atom. The number of nitriles is 1. The highest BCUT2D eigenvalue weighted by Crippen LogP contribution is 2.26. The van der Waals surface area contributed by atoms with Gasteiger partial charge in [-0.25, -0.2) is 9.59 Å². The second kappa shape index (κ2) is 11.2. The van der Waals surface area contributed by atoms with Gasteiger partial charge in [0.05, 0.1) is 0 Å². The predicted octanol–water partition coefficient (Wildman–Crippen LogP) is 0.504. The van der Waals surface area contributed by atoms with Crippen LogP contribution in [0.1, 0.15) is 42.9 Å². The largest absolute Gasteiger partial charge is 0.494 e. The van der Waals surface area contributed by atoms with Crippen LogP contribution in [0, 0.1) is 24.2 Å². The first-order valence-corrected chi connectivity index (χ1v) is 9.28. The van der Waals surface area contributed by atoms with Gasteiger partial charge in [0, 0.05) is 31.8 Å². The number of rotatable bonds is 5. The summed E-state index contributed by atoms with van der Waals surface area (Å²) in [5.74, 6) is -3.11. The molecule has 1 fully saturated rings. The van der Waals surface area contributed by atoms with Gasteiger partial charge in [-0.1, -0.05) is 6.92 Å². The molecule has 0 aliphatic carbocycles. The first kappa shape index (κ1) is 24.1. The Balaban J connectivity index is 0.000000612. The standard InChI is InChI=1S/C17H25N3O3.C2H2O4/c1-12-5-3-6-19(10-12)11-15-13(2)14(9-18)16(22)20(17(15)23)7-4-8-21;3-1(4)2(5)6/h12,21,23H,3-8,10-11H2,1-2H3;(H,3,4)(H,5,6). The van der Waals surface area contributed by atoms with Gasteiger partial charge in [0.25, 0.3) is 5.56 Å². The Kier molecular flexibility index (Phi) is 9.31. The van der Waals surface area contributed by atoms with Crippen LogP contribution in [0.2, 0.25) is 0 Å². The second-order valence-corrected chi connectivity index (χ2v) is 7.04. The Morgan fingerprint density at radius 3 is 2.38 bits per heavy atom. The van der Waals surface area contributed by atoms with Crippen molar-refractivity contribution in [2.45, 2.75) is 46.2 Å². The van der Waals surface area contributed by atoms with E-state index in [4.69, 9.17) is 24.9 Å². The van der Waals surface area contributed by atoms with Crippen molar-refractivity contribution in [3.05, 3.63) is 27.0 Å². The van der Waals surface area contributed by atoms with Crippen LogP contribution in [0.5, 0.6) is 5.88 Å². The summed E-state index contributed by atoms with van der Waals surface area (Å²) in [7, 11) is 0. The topological polar surface area (TPSA) is 164 Å². The molecule has 1 aliphatic rings. The van der Waals surface area contributed by atoms with Gasteiger partial charge in [-0.15, -0.1) is 0 Å². The van der Waals surface area contributed by atoms with Gasteiger partial charge in [-0.3, -0.25) is 14.3 Å². The lowest BCUT2D eigenvalue weighted by Crippen LogP contribution is -2.35. The van der Waals surface area contributed by atoms with Crippen molar-refractivity contribution in [1.29, 1.82) is 5.26 Å². The molecule has 10 nitrogen and oxygen atoms in total. The van der Waals surface area contributed by atoms with E-state index in [0.29, 0.717) is 30.0 Å². The number of carbonyl (C=O) groups is 2. The molecule has 0 saturated carbocycles. The Bertz CT molecular complexity index is 830. The molecule has 0 radical (unpaired) electrons. The van der Waals surface area contributed by atoms with E-state index in [-0.39, 0.29) is 24.6 Å². The molecule has 4 N–H and O–H groups in total. The molecule has 160 valence electrons. The van der Waals surface area contributed by atoms with Gasteiger partial charge in [0.1, 0.15) is 11.6 Å². The number of hydrogen-bond donors (Lipinski definition) is 4. The molecule has 29 heavy (non-hydrogen) atoms. The summed E-state index contributed by atoms with van der Waals surface area (Å²) in [6.45, 7) is 6.52. The average Bonchev–Trinajstić information content (AvgIpc) is 2.66. The lowest BCUT2D eigenvalue weighted by atomic mass is 9.98. The molecular weight excluding hydrogens is 382 g/mol. The first-order valence-electron chi connectivity index (χ1n) is 9.28. The second-order valence-electron chi connectivity index (χ2n) is 7.04. The maximum atomic E-state index is 12.3. The van der Waals surface area contributed by atoms with Crippen LogP contribution in [0.25, 0.3) is 0 Å². The predicted molar refractivity (Wildman–Crippen MR) is 102 cm³/mol. The van der Waals surface area contributed by atoms with E-state index in [0.717, 1.165) is 19.5 Å². The Morgan fingerprint density at radius 1 is 1.28 bits per heavy atom. The van der Waals surface area contributed by atoms with Gasteiger partial charge in [0.2, 0.25) is 0 Å². The normalized spacial score (nSPS) is 16.4. The van der Waals surface area contributed by atoms with Crippen LogP contribution in [0.4, 0.5) is 0 Å². The van der Waals surface area contributed by atoms with E-state index in [1.807, 2.05) is 6.07 Å². The number of carboxylic acids is 2. The van der Waals surface area contributed by atoms with Crippen LogP contribution in [-0.2, 0) is 22.7 Å². The summed E-state index contributed by atoms with van der Waals surface area (Å²) in [5, 5.41) is 43.6. The SMILES string of the molecule is Cc1c(CN2CCCC(C)C2)c(O)n(CCCO)c(=O)c1C#N.O=C(O)C(=O)O. The number of nitrogens with zero attached hydrogens (tertiary/aromatic N) is 3. The first-order chi connectivity index (χ1) is 13.6. The fourth-order valence-corrected chi connectivity index (χ4v) is 3.28. The van der Waals surface area contributed by atoms with Crippen LogP contribution in [-0.4, -0.2) is 61.5 Å². The highest BCUT2D eigenvalue weighted by Gasteiger charge is 2.23. The molecule has 0 bridgehead atoms. The van der Waals surface area contributed by atoms with Crippen LogP contribution < -0.4 is 5.56 Å². The monoisotopic (exact) mass is 409 g/mol. The van der Waals surface area contributed by atoms with Crippen molar-refractivity contribution in [3.8, 4) is 11.9 Å². The van der Waals surface area contributed by atoms with E-state index < -0.39 is 17.5 Å². The fraction of sp³-hybridized carbons (Fsp3) is 0.579. The average molecular weight is 409 g/mol. The van der Waals surface area contributed by atoms with Crippen molar-refractivity contribution in [1.82, 2.24) is 9.47 Å². The number of piperidine rings is 1. The molecule has 2 heterocycles. The molecule has 1 aliphatic heterocycles. The van der Waals surface area contributed by atoms with Gasteiger partial charge in [0.15, 0.2) is 5.88 Å². The van der Waals surface area contributed by atoms with E-state index >= 15 is 0 Å². The molecule has 0 amide bonds. The van der Waals surface area contributed by atoms with Crippen molar-refractivity contribution in [3.63, 3.8) is 0 Å². The minimum absolute atomic E-state index is 0.0688. The summed E-state index contributed by atoms with van der Waals surface area (Å²) in [4.78, 5) is 32.8. The number of aliphatic hydroxyl groups is 1. The lowest BCUT2D eigenvalue weighted by molar-refractivity contribution is -0.159. The van der Waals surface area contributed by atoms with Crippen LogP contribution in [0.15, 0.2) is 4.79 Å². The Hall–Kier alpha value is -2.90. The zero-order chi connectivity index (χ0) is 22.1. The molecule has 1 saturated heterocycles. The molecule has 1 aromatic rings. The van der Waals surface area contributed by atoms with Gasteiger partial charge < -0.3 is 20.4 Å². The molecule has 2 rings (SSSR count). The molecule has 10 heteroatoms. The summed E-state index contributed by atoms with van der Waals surface area (Å²) in [6.07, 6.45) is 2.69. The lowest BCUT2D eigenvalue weighted by Gasteiger charge is -2.31. The third-order valence-electron chi connectivity index (χ3n) is 4.77. The van der Waals surface area contributed by atoms with E-state index in [9.17, 15) is 15.2 Å². The summed E-state index contributed by atoms with van der Waals surface area (Å²) in [5.41, 5.74) is 0.814. The molecule has 0 aromatic carbocycles. The van der Waals surface area contributed by atoms with Gasteiger partial charge >= 0.3 is 11.9 Å². The molecule has 1 atom stereocenters. The molecule has 1 aromatic heterocycles. The summed E-state index contributed by atoms with van der Waals surface area (Å²) < 4.78 is 1.21. The van der Waals surface area contributed by atoms with Crippen LogP contribution >= 0.6 is 0 Å². The third kappa shape index (κ3) is 6.58. The quantitative estimate of drug-likeness (QED) is 0.507. The highest BCUT2D eigenvalue weighted by molar-refractivity contribution is 6.27. The highest BCUT2D eigenvalue weighted by atomic mass is 16.4. The smallest absolute Gasteiger partial charge is 0.414 e. The van der Waals surface area contributed by atoms with Crippen molar-refractivity contribution >= 4 is 11.9 Å². The number of aliphatic hydroxyl groups excluding tert-OH is 1. The third-order valence-corrected chi connectivity index (χ3v) is 4.77. The number of aromatic nitrogens is 1. The fourth-order valence-electron chi connectivity index (χ4n) is 3.28.